The molecule has 0 spiro atoms. The third kappa shape index (κ3) is 6.20. The Kier molecular flexibility index (Phi) is 4.52. The molecule has 0 atom stereocenters. The Balaban J connectivity index is 4.12. The second-order valence-corrected chi connectivity index (χ2v) is 3.89. The average molecular weight is 185 g/mol. The van der Waals surface area contributed by atoms with E-state index in [1.807, 2.05) is 27.7 Å². The Morgan fingerprint density at radius 3 is 2.38 bits per heavy atom. The number of hydrogen-bond acceptors (Lipinski definition) is 3. The van der Waals surface area contributed by atoms with Crippen LogP contribution >= 0.6 is 0 Å². The molecule has 0 aromatic carbocycles. The molecule has 0 saturated carbocycles. The largest absolute Gasteiger partial charge is 0.457 e. The molecule has 3 heteroatoms. The summed E-state index contributed by atoms with van der Waals surface area (Å²) in [5.74, 6) is -0.270. The topological polar surface area (TPSA) is 38.3 Å². The summed E-state index contributed by atoms with van der Waals surface area (Å²) in [4.78, 5) is 11.3. The van der Waals surface area contributed by atoms with E-state index in [-0.39, 0.29) is 5.97 Å². The molecule has 0 heterocycles. The summed E-state index contributed by atoms with van der Waals surface area (Å²) >= 11 is 0. The number of carbonyl (C=O) groups excluding carboxylic acids is 1. The first-order valence-corrected chi connectivity index (χ1v) is 4.50. The van der Waals surface area contributed by atoms with Crippen LogP contribution in [0, 0.1) is 0 Å². The smallest absolute Gasteiger partial charge is 0.335 e. The van der Waals surface area contributed by atoms with Crippen molar-refractivity contribution in [1.29, 1.82) is 0 Å². The van der Waals surface area contributed by atoms with E-state index in [1.54, 1.807) is 13.1 Å². The maximum Gasteiger partial charge on any atom is 0.335 e. The summed E-state index contributed by atoms with van der Waals surface area (Å²) < 4.78 is 5.15. The Morgan fingerprint density at radius 2 is 2.00 bits per heavy atom. The third-order valence-corrected chi connectivity index (χ3v) is 1.24. The fourth-order valence-electron chi connectivity index (χ4n) is 0.673. The van der Waals surface area contributed by atoms with Crippen molar-refractivity contribution in [1.82, 2.24) is 5.32 Å². The first kappa shape index (κ1) is 12.0. The third-order valence-electron chi connectivity index (χ3n) is 1.24. The summed E-state index contributed by atoms with van der Waals surface area (Å²) in [5.41, 5.74) is 0.176. The number of ether oxygens (including phenoxy) is 1. The van der Waals surface area contributed by atoms with Crippen LogP contribution in [-0.4, -0.2) is 18.1 Å². The van der Waals surface area contributed by atoms with Gasteiger partial charge in [0.2, 0.25) is 0 Å². The molecule has 0 aliphatic heterocycles. The molecule has 1 N–H and O–H groups in total. The maximum atomic E-state index is 11.3. The fraction of sp³-hybridized carbons (Fsp3) is 0.700. The highest BCUT2D eigenvalue weighted by molar-refractivity contribution is 5.87. The van der Waals surface area contributed by atoms with Crippen molar-refractivity contribution >= 4 is 5.97 Å². The molecule has 0 aliphatic rings. The van der Waals surface area contributed by atoms with Gasteiger partial charge in [-0.15, -0.1) is 0 Å². The monoisotopic (exact) mass is 185 g/mol. The minimum atomic E-state index is -0.418. The molecule has 0 aromatic rings. The molecule has 76 valence electrons. The standard InChI is InChI=1S/C10H19NO2/c1-6-11-7-8(2)9(12)13-10(3,4)5/h7,11H,6H2,1-5H3/b8-7+. The molecule has 3 nitrogen and oxygen atoms in total. The lowest BCUT2D eigenvalue weighted by molar-refractivity contribution is -0.149. The van der Waals surface area contributed by atoms with Crippen LogP contribution in [0.3, 0.4) is 0 Å². The van der Waals surface area contributed by atoms with Gasteiger partial charge in [-0.2, -0.15) is 0 Å². The SMILES string of the molecule is CCN/C=C(\C)C(=O)OC(C)(C)C. The van der Waals surface area contributed by atoms with Crippen molar-refractivity contribution in [3.8, 4) is 0 Å². The van der Waals surface area contributed by atoms with Gasteiger partial charge in [-0.05, 0) is 34.6 Å². The second-order valence-electron chi connectivity index (χ2n) is 3.89. The number of esters is 1. The van der Waals surface area contributed by atoms with E-state index in [4.69, 9.17) is 4.74 Å². The Labute approximate surface area is 80.2 Å². The molecular weight excluding hydrogens is 166 g/mol. The Bertz CT molecular complexity index is 201. The van der Waals surface area contributed by atoms with Gasteiger partial charge in [0.25, 0.3) is 0 Å². The summed E-state index contributed by atoms with van der Waals surface area (Å²) in [7, 11) is 0. The van der Waals surface area contributed by atoms with Gasteiger partial charge in [-0.25, -0.2) is 4.79 Å². The highest BCUT2D eigenvalue weighted by atomic mass is 16.6. The van der Waals surface area contributed by atoms with Gasteiger partial charge in [0.1, 0.15) is 5.60 Å². The van der Waals surface area contributed by atoms with E-state index < -0.39 is 5.60 Å². The molecule has 13 heavy (non-hydrogen) atoms. The Morgan fingerprint density at radius 1 is 1.46 bits per heavy atom. The van der Waals surface area contributed by atoms with Gasteiger partial charge in [0.15, 0.2) is 0 Å². The molecule has 0 fully saturated rings. The Hall–Kier alpha value is -0.990. The molecule has 0 aromatic heterocycles. The van der Waals surface area contributed by atoms with Crippen LogP contribution in [0.15, 0.2) is 11.8 Å². The number of hydrogen-bond donors (Lipinski definition) is 1. The van der Waals surface area contributed by atoms with Crippen LogP contribution in [0.25, 0.3) is 0 Å². The molecule has 0 aliphatic carbocycles. The first-order valence-electron chi connectivity index (χ1n) is 4.50. The molecule has 0 saturated heterocycles. The van der Waals surface area contributed by atoms with Crippen molar-refractivity contribution in [2.45, 2.75) is 40.2 Å². The zero-order valence-corrected chi connectivity index (χ0v) is 9.10. The lowest BCUT2D eigenvalue weighted by Gasteiger charge is -2.19. The minimum absolute atomic E-state index is 0.270. The van der Waals surface area contributed by atoms with E-state index in [0.717, 1.165) is 6.54 Å². The molecule has 0 rings (SSSR count). The molecule has 0 unspecified atom stereocenters. The predicted octanol–water partition coefficient (Wildman–Crippen LogP) is 1.84. The van der Waals surface area contributed by atoms with Crippen LogP contribution in [0.1, 0.15) is 34.6 Å². The average Bonchev–Trinajstić information content (AvgIpc) is 1.96. The van der Waals surface area contributed by atoms with Crippen molar-refractivity contribution in [3.05, 3.63) is 11.8 Å². The van der Waals surface area contributed by atoms with E-state index in [9.17, 15) is 4.79 Å². The van der Waals surface area contributed by atoms with Crippen molar-refractivity contribution in [3.63, 3.8) is 0 Å². The van der Waals surface area contributed by atoms with Gasteiger partial charge < -0.3 is 10.1 Å². The lowest BCUT2D eigenvalue weighted by Crippen LogP contribution is -2.24. The van der Waals surface area contributed by atoms with Gasteiger partial charge in [-0.3, -0.25) is 0 Å². The molecule has 0 amide bonds. The summed E-state index contributed by atoms with van der Waals surface area (Å²) in [6.07, 6.45) is 1.67. The number of rotatable bonds is 3. The van der Waals surface area contributed by atoms with Crippen molar-refractivity contribution in [2.24, 2.45) is 0 Å². The van der Waals surface area contributed by atoms with Crippen LogP contribution in [0.2, 0.25) is 0 Å². The quantitative estimate of drug-likeness (QED) is 0.538. The van der Waals surface area contributed by atoms with E-state index in [0.29, 0.717) is 5.57 Å². The second kappa shape index (κ2) is 4.90. The summed E-state index contributed by atoms with van der Waals surface area (Å²) in [5, 5.41) is 2.95. The first-order chi connectivity index (χ1) is 5.87. The van der Waals surface area contributed by atoms with E-state index >= 15 is 0 Å². The number of nitrogens with one attached hydrogen (secondary N) is 1. The zero-order valence-electron chi connectivity index (χ0n) is 9.10. The van der Waals surface area contributed by atoms with Gasteiger partial charge in [0.05, 0.1) is 0 Å². The molecule has 0 bridgehead atoms. The molecular formula is C10H19NO2. The van der Waals surface area contributed by atoms with E-state index in [2.05, 4.69) is 5.32 Å². The summed E-state index contributed by atoms with van der Waals surface area (Å²) in [6.45, 7) is 10.1. The fourth-order valence-corrected chi connectivity index (χ4v) is 0.673. The van der Waals surface area contributed by atoms with Crippen LogP contribution in [0.5, 0.6) is 0 Å². The molecule has 0 radical (unpaired) electrons. The number of carbonyl (C=O) groups is 1. The minimum Gasteiger partial charge on any atom is -0.457 e. The lowest BCUT2D eigenvalue weighted by atomic mass is 10.2. The highest BCUT2D eigenvalue weighted by Gasteiger charge is 2.16. The van der Waals surface area contributed by atoms with Gasteiger partial charge >= 0.3 is 5.97 Å². The van der Waals surface area contributed by atoms with Gasteiger partial charge in [0, 0.05) is 18.3 Å². The predicted molar refractivity (Wildman–Crippen MR) is 53.3 cm³/mol. The van der Waals surface area contributed by atoms with Gasteiger partial charge in [-0.1, -0.05) is 0 Å². The maximum absolute atomic E-state index is 11.3. The van der Waals surface area contributed by atoms with Crippen molar-refractivity contribution in [2.75, 3.05) is 6.54 Å². The normalized spacial score (nSPS) is 12.5. The van der Waals surface area contributed by atoms with Crippen LogP contribution in [-0.2, 0) is 9.53 Å². The summed E-state index contributed by atoms with van der Waals surface area (Å²) in [6, 6.07) is 0. The van der Waals surface area contributed by atoms with Crippen molar-refractivity contribution < 1.29 is 9.53 Å². The zero-order chi connectivity index (χ0) is 10.5. The van der Waals surface area contributed by atoms with Crippen LogP contribution < -0.4 is 5.32 Å². The van der Waals surface area contributed by atoms with E-state index in [1.165, 1.54) is 0 Å². The van der Waals surface area contributed by atoms with Crippen LogP contribution in [0.4, 0.5) is 0 Å². The highest BCUT2D eigenvalue weighted by Crippen LogP contribution is 2.09.